The van der Waals surface area contributed by atoms with Crippen LogP contribution in [0.2, 0.25) is 0 Å². The first-order chi connectivity index (χ1) is 15.8. The number of hydrogen-bond donors (Lipinski definition) is 1. The summed E-state index contributed by atoms with van der Waals surface area (Å²) in [6.07, 6.45) is 3.76. The van der Waals surface area contributed by atoms with Crippen molar-refractivity contribution in [3.63, 3.8) is 0 Å². The summed E-state index contributed by atoms with van der Waals surface area (Å²) in [4.78, 5) is 21.9. The van der Waals surface area contributed by atoms with Crippen molar-refractivity contribution in [1.29, 1.82) is 0 Å². The van der Waals surface area contributed by atoms with E-state index in [0.29, 0.717) is 10.9 Å². The largest absolute Gasteiger partial charge is 0.478 e. The molecule has 1 N–H and O–H groups in total. The second-order valence-electron chi connectivity index (χ2n) is 7.55. The molecule has 0 aromatic heterocycles. The summed E-state index contributed by atoms with van der Waals surface area (Å²) >= 11 is 0. The molecule has 5 heteroatoms. The number of aryl methyl sites for hydroxylation is 3. The minimum Gasteiger partial charge on any atom is -0.478 e. The number of carbonyl (C=O) groups is 2. The molecule has 0 aliphatic heterocycles. The Balaban J connectivity index is 0.000000321. The van der Waals surface area contributed by atoms with Crippen LogP contribution in [0.25, 0.3) is 5.57 Å². The van der Waals surface area contributed by atoms with Crippen LogP contribution in [-0.2, 0) is 22.4 Å². The molecule has 3 aromatic rings. The Bertz CT molecular complexity index is 1130. The molecule has 0 heterocycles. The molecule has 0 aliphatic carbocycles. The van der Waals surface area contributed by atoms with Gasteiger partial charge >= 0.3 is 11.9 Å². The Labute approximate surface area is 197 Å². The van der Waals surface area contributed by atoms with E-state index in [4.69, 9.17) is 9.84 Å². The third-order valence-corrected chi connectivity index (χ3v) is 5.35. The van der Waals surface area contributed by atoms with Crippen LogP contribution in [0.4, 0.5) is 0 Å². The molecule has 0 fully saturated rings. The first-order valence-electron chi connectivity index (χ1n) is 10.6. The number of benzene rings is 3. The standard InChI is InChI=1S/C20H21O2P.C8H8O2/c1-15(14-19(23)20(21)22-2)18-11-7-6-10-17(18)13-12-16-8-4-3-5-9-16;1-6-3-2-4-7(5-6)8(9)10/h3-11,14,23H,12-13H2,1-2H3;2-5H,1H3,(H,9,10)/b15-14+;. The maximum absolute atomic E-state index is 11.5. The van der Waals surface area contributed by atoms with Crippen molar-refractivity contribution in [3.8, 4) is 0 Å². The Morgan fingerprint density at radius 1 is 0.939 bits per heavy atom. The van der Waals surface area contributed by atoms with Gasteiger partial charge in [0, 0.05) is 0 Å². The van der Waals surface area contributed by atoms with E-state index in [0.717, 1.165) is 29.5 Å². The number of allylic oxidation sites excluding steroid dienone is 1. The average molecular weight is 461 g/mol. The molecule has 0 amide bonds. The molecule has 0 saturated heterocycles. The van der Waals surface area contributed by atoms with Crippen molar-refractivity contribution in [2.24, 2.45) is 0 Å². The molecule has 33 heavy (non-hydrogen) atoms. The second kappa shape index (κ2) is 13.1. The highest BCUT2D eigenvalue weighted by molar-refractivity contribution is 7.26. The highest BCUT2D eigenvalue weighted by atomic mass is 31.0. The summed E-state index contributed by atoms with van der Waals surface area (Å²) in [5, 5.41) is 8.93. The van der Waals surface area contributed by atoms with Crippen molar-refractivity contribution >= 4 is 31.7 Å². The number of hydrogen-bond acceptors (Lipinski definition) is 3. The SMILES string of the molecule is COC(=O)C(=P)/C=C(\C)c1ccccc1CCc1ccccc1.Cc1cccc(C(=O)O)c1. The second-order valence-corrected chi connectivity index (χ2v) is 8.09. The molecule has 0 saturated carbocycles. The lowest BCUT2D eigenvalue weighted by atomic mass is 9.95. The van der Waals surface area contributed by atoms with E-state index in [1.54, 1.807) is 18.2 Å². The number of carbonyl (C=O) groups excluding carboxylic acids is 1. The summed E-state index contributed by atoms with van der Waals surface area (Å²) in [6.45, 7) is 3.87. The van der Waals surface area contributed by atoms with Crippen LogP contribution in [-0.4, -0.2) is 29.4 Å². The number of carboxylic acids is 1. The number of carboxylic acid groups (broad SMARTS) is 1. The Kier molecular flexibility index (Phi) is 10.3. The Hall–Kier alpha value is -3.49. The van der Waals surface area contributed by atoms with Gasteiger partial charge in [-0.3, -0.25) is 0 Å². The fraction of sp³-hybridized carbons (Fsp3) is 0.179. The average Bonchev–Trinajstić information content (AvgIpc) is 2.83. The third kappa shape index (κ3) is 8.51. The van der Waals surface area contributed by atoms with E-state index in [1.807, 2.05) is 38.1 Å². The molecule has 0 atom stereocenters. The van der Waals surface area contributed by atoms with Gasteiger partial charge in [-0.15, -0.1) is 8.86 Å². The highest BCUT2D eigenvalue weighted by Gasteiger charge is 2.08. The summed E-state index contributed by atoms with van der Waals surface area (Å²) in [6, 6.07) is 25.6. The molecular weight excluding hydrogens is 431 g/mol. The number of aromatic carboxylic acids is 1. The summed E-state index contributed by atoms with van der Waals surface area (Å²) < 4.78 is 4.72. The first kappa shape index (κ1) is 25.8. The molecule has 3 aromatic carbocycles. The summed E-state index contributed by atoms with van der Waals surface area (Å²) in [5.41, 5.74) is 6.10. The number of esters is 1. The van der Waals surface area contributed by atoms with Crippen LogP contribution in [0.15, 0.2) is 84.9 Å². The fourth-order valence-corrected chi connectivity index (χ4v) is 3.61. The molecule has 0 unspecified atom stereocenters. The van der Waals surface area contributed by atoms with Gasteiger partial charge in [-0.2, -0.15) is 0 Å². The first-order valence-corrected chi connectivity index (χ1v) is 11.1. The minimum atomic E-state index is -0.872. The predicted octanol–water partition coefficient (Wildman–Crippen LogP) is 6.06. The quantitative estimate of drug-likeness (QED) is 0.344. The summed E-state index contributed by atoms with van der Waals surface area (Å²) in [5.74, 6) is -1.24. The molecule has 0 radical (unpaired) electrons. The lowest BCUT2D eigenvalue weighted by molar-refractivity contribution is -0.132. The van der Waals surface area contributed by atoms with Gasteiger partial charge in [0.25, 0.3) is 0 Å². The van der Waals surface area contributed by atoms with Crippen molar-refractivity contribution in [1.82, 2.24) is 0 Å². The zero-order valence-corrected chi connectivity index (χ0v) is 20.2. The third-order valence-electron chi connectivity index (χ3n) is 5.00. The normalized spacial score (nSPS) is 10.6. The van der Waals surface area contributed by atoms with Crippen LogP contribution in [0, 0.1) is 6.92 Å². The zero-order chi connectivity index (χ0) is 24.2. The van der Waals surface area contributed by atoms with Crippen LogP contribution in [0.1, 0.15) is 39.5 Å². The van der Waals surface area contributed by atoms with Crippen LogP contribution in [0.3, 0.4) is 0 Å². The van der Waals surface area contributed by atoms with Gasteiger partial charge in [0.15, 0.2) is 0 Å². The molecule has 3 rings (SSSR count). The topological polar surface area (TPSA) is 63.6 Å². The van der Waals surface area contributed by atoms with Gasteiger partial charge in [0.05, 0.1) is 18.0 Å². The van der Waals surface area contributed by atoms with Crippen molar-refractivity contribution < 1.29 is 19.4 Å². The lowest BCUT2D eigenvalue weighted by Gasteiger charge is -2.10. The van der Waals surface area contributed by atoms with E-state index in [1.165, 1.54) is 18.2 Å². The van der Waals surface area contributed by atoms with Gasteiger partial charge in [0.2, 0.25) is 0 Å². The Morgan fingerprint density at radius 2 is 1.61 bits per heavy atom. The number of methoxy groups -OCH3 is 1. The summed E-state index contributed by atoms with van der Waals surface area (Å²) in [7, 11) is 4.70. The highest BCUT2D eigenvalue weighted by Crippen LogP contribution is 2.21. The van der Waals surface area contributed by atoms with E-state index in [-0.39, 0.29) is 5.97 Å². The van der Waals surface area contributed by atoms with E-state index >= 15 is 0 Å². The van der Waals surface area contributed by atoms with Crippen molar-refractivity contribution in [2.75, 3.05) is 7.11 Å². The van der Waals surface area contributed by atoms with Gasteiger partial charge in [-0.05, 0) is 67.2 Å². The van der Waals surface area contributed by atoms with Crippen LogP contribution < -0.4 is 0 Å². The molecule has 4 nitrogen and oxygen atoms in total. The molecular formula is C28H29O4P. The molecule has 0 bridgehead atoms. The molecule has 0 aliphatic rings. The minimum absolute atomic E-state index is 0.347. The van der Waals surface area contributed by atoms with E-state index < -0.39 is 5.97 Å². The smallest absolute Gasteiger partial charge is 0.341 e. The fourth-order valence-electron chi connectivity index (χ4n) is 3.29. The maximum atomic E-state index is 11.5. The van der Waals surface area contributed by atoms with E-state index in [9.17, 15) is 9.59 Å². The Morgan fingerprint density at radius 3 is 2.21 bits per heavy atom. The molecule has 170 valence electrons. The van der Waals surface area contributed by atoms with Gasteiger partial charge < -0.3 is 9.84 Å². The molecule has 0 spiro atoms. The van der Waals surface area contributed by atoms with E-state index in [2.05, 4.69) is 51.3 Å². The predicted molar refractivity (Wildman–Crippen MR) is 137 cm³/mol. The zero-order valence-electron chi connectivity index (χ0n) is 19.2. The maximum Gasteiger partial charge on any atom is 0.341 e. The van der Waals surface area contributed by atoms with Gasteiger partial charge in [-0.25, -0.2) is 9.59 Å². The van der Waals surface area contributed by atoms with Gasteiger partial charge in [-0.1, -0.05) is 72.3 Å². The van der Waals surface area contributed by atoms with Crippen LogP contribution in [0.5, 0.6) is 0 Å². The van der Waals surface area contributed by atoms with Crippen molar-refractivity contribution in [2.45, 2.75) is 26.7 Å². The lowest BCUT2D eigenvalue weighted by Crippen LogP contribution is -2.10. The number of rotatable bonds is 7. The number of ether oxygens (including phenoxy) is 1. The van der Waals surface area contributed by atoms with Crippen molar-refractivity contribution in [3.05, 3.63) is 113 Å². The van der Waals surface area contributed by atoms with Gasteiger partial charge in [0.1, 0.15) is 0 Å². The monoisotopic (exact) mass is 460 g/mol. The van der Waals surface area contributed by atoms with Crippen LogP contribution >= 0.6 is 8.86 Å².